The molecule has 0 radical (unpaired) electrons. The maximum absolute atomic E-state index is 10.7. The van der Waals surface area contributed by atoms with E-state index >= 15 is 0 Å². The lowest BCUT2D eigenvalue weighted by atomic mass is 10.1. The van der Waals surface area contributed by atoms with Crippen LogP contribution in [0.3, 0.4) is 0 Å². The number of carbonyl (C=O) groups is 1. The molecule has 0 aliphatic rings. The molecule has 0 saturated heterocycles. The van der Waals surface area contributed by atoms with E-state index in [0.717, 1.165) is 15.6 Å². The molecule has 6 heteroatoms. The Labute approximate surface area is 99.9 Å². The zero-order chi connectivity index (χ0) is 11.8. The van der Waals surface area contributed by atoms with Gasteiger partial charge in [-0.1, -0.05) is 12.1 Å². The van der Waals surface area contributed by atoms with Crippen molar-refractivity contribution < 1.29 is 9.90 Å². The summed E-state index contributed by atoms with van der Waals surface area (Å²) < 4.78 is 5.15. The van der Waals surface area contributed by atoms with Crippen molar-refractivity contribution in [1.82, 2.24) is 14.6 Å². The van der Waals surface area contributed by atoms with E-state index in [-0.39, 0.29) is 5.69 Å². The van der Waals surface area contributed by atoms with E-state index < -0.39 is 5.97 Å². The third kappa shape index (κ3) is 1.68. The third-order valence-corrected chi connectivity index (χ3v) is 3.22. The Balaban J connectivity index is 2.09. The standard InChI is InChI=1S/C11H7N3O2S/c15-11(16)9-4-8(13-14-9)6-1-2-7-5-12-17-10(7)3-6/h1-5H,(H,13,14)(H,15,16). The lowest BCUT2D eigenvalue weighted by molar-refractivity contribution is 0.0690. The first-order valence-electron chi connectivity index (χ1n) is 4.87. The number of carboxylic acid groups (broad SMARTS) is 1. The van der Waals surface area contributed by atoms with Crippen LogP contribution < -0.4 is 0 Å². The van der Waals surface area contributed by atoms with Gasteiger partial charge in [0.15, 0.2) is 0 Å². The van der Waals surface area contributed by atoms with E-state index in [4.69, 9.17) is 5.11 Å². The van der Waals surface area contributed by atoms with Gasteiger partial charge in [-0.3, -0.25) is 5.10 Å². The molecule has 5 nitrogen and oxygen atoms in total. The average Bonchev–Trinajstić information content (AvgIpc) is 2.97. The Bertz CT molecular complexity index is 701. The zero-order valence-electron chi connectivity index (χ0n) is 8.54. The second kappa shape index (κ2) is 3.67. The molecule has 2 heterocycles. The Morgan fingerprint density at radius 1 is 1.35 bits per heavy atom. The van der Waals surface area contributed by atoms with E-state index in [9.17, 15) is 4.79 Å². The van der Waals surface area contributed by atoms with E-state index in [1.165, 1.54) is 17.6 Å². The van der Waals surface area contributed by atoms with Gasteiger partial charge in [-0.2, -0.15) is 9.47 Å². The van der Waals surface area contributed by atoms with E-state index in [1.807, 2.05) is 18.2 Å². The van der Waals surface area contributed by atoms with E-state index in [2.05, 4.69) is 14.6 Å². The van der Waals surface area contributed by atoms with Crippen LogP contribution in [0.25, 0.3) is 21.3 Å². The molecule has 0 unspecified atom stereocenters. The first-order valence-corrected chi connectivity index (χ1v) is 5.65. The Hall–Kier alpha value is -2.21. The van der Waals surface area contributed by atoms with Gasteiger partial charge < -0.3 is 5.11 Å². The Morgan fingerprint density at radius 3 is 3.00 bits per heavy atom. The highest BCUT2D eigenvalue weighted by atomic mass is 32.1. The van der Waals surface area contributed by atoms with Crippen LogP contribution >= 0.6 is 11.5 Å². The number of rotatable bonds is 2. The van der Waals surface area contributed by atoms with Gasteiger partial charge in [-0.15, -0.1) is 0 Å². The summed E-state index contributed by atoms with van der Waals surface area (Å²) in [4.78, 5) is 10.7. The number of aromatic amines is 1. The van der Waals surface area contributed by atoms with Crippen molar-refractivity contribution in [3.05, 3.63) is 36.2 Å². The van der Waals surface area contributed by atoms with Gasteiger partial charge in [0.25, 0.3) is 0 Å². The number of aromatic nitrogens is 3. The summed E-state index contributed by atoms with van der Waals surface area (Å²) >= 11 is 1.40. The number of nitrogens with one attached hydrogen (secondary N) is 1. The van der Waals surface area contributed by atoms with Gasteiger partial charge in [0.05, 0.1) is 10.4 Å². The van der Waals surface area contributed by atoms with Gasteiger partial charge in [0.2, 0.25) is 0 Å². The minimum absolute atomic E-state index is 0.0874. The van der Waals surface area contributed by atoms with Crippen LogP contribution in [0.1, 0.15) is 10.5 Å². The Kier molecular flexibility index (Phi) is 2.15. The molecule has 0 aliphatic heterocycles. The molecule has 0 bridgehead atoms. The number of H-pyrrole nitrogens is 1. The Morgan fingerprint density at radius 2 is 2.24 bits per heavy atom. The summed E-state index contributed by atoms with van der Waals surface area (Å²) in [6.07, 6.45) is 1.80. The minimum Gasteiger partial charge on any atom is -0.477 e. The number of nitrogens with zero attached hydrogens (tertiary/aromatic N) is 2. The van der Waals surface area contributed by atoms with Gasteiger partial charge in [-0.05, 0) is 23.7 Å². The van der Waals surface area contributed by atoms with E-state index in [0.29, 0.717) is 5.69 Å². The molecule has 0 spiro atoms. The summed E-state index contributed by atoms with van der Waals surface area (Å²) in [7, 11) is 0. The zero-order valence-corrected chi connectivity index (χ0v) is 9.36. The fourth-order valence-corrected chi connectivity index (χ4v) is 2.28. The third-order valence-electron chi connectivity index (χ3n) is 2.46. The van der Waals surface area contributed by atoms with Crippen LogP contribution in [0.4, 0.5) is 0 Å². The van der Waals surface area contributed by atoms with Crippen LogP contribution in [-0.4, -0.2) is 25.6 Å². The first kappa shape index (κ1) is 9.98. The largest absolute Gasteiger partial charge is 0.477 e. The fourth-order valence-electron chi connectivity index (χ4n) is 1.60. The minimum atomic E-state index is -1.01. The lowest BCUT2D eigenvalue weighted by Gasteiger charge is -1.95. The highest BCUT2D eigenvalue weighted by molar-refractivity contribution is 7.13. The van der Waals surface area contributed by atoms with Crippen molar-refractivity contribution in [1.29, 1.82) is 0 Å². The molecule has 84 valence electrons. The maximum atomic E-state index is 10.7. The maximum Gasteiger partial charge on any atom is 0.353 e. The van der Waals surface area contributed by atoms with Crippen LogP contribution in [0.2, 0.25) is 0 Å². The number of fused-ring (bicyclic) bond motifs is 1. The van der Waals surface area contributed by atoms with Crippen molar-refractivity contribution in [2.75, 3.05) is 0 Å². The SMILES string of the molecule is O=C(O)c1cc(-c2ccc3cnsc3c2)n[nH]1. The quantitative estimate of drug-likeness (QED) is 0.726. The van der Waals surface area contributed by atoms with Crippen molar-refractivity contribution in [3.63, 3.8) is 0 Å². The molecule has 0 aliphatic carbocycles. The topological polar surface area (TPSA) is 78.9 Å². The number of carboxylic acids is 1. The summed E-state index contributed by atoms with van der Waals surface area (Å²) in [6.45, 7) is 0. The van der Waals surface area contributed by atoms with Gasteiger partial charge in [0, 0.05) is 17.1 Å². The number of hydrogen-bond acceptors (Lipinski definition) is 4. The van der Waals surface area contributed by atoms with Crippen LogP contribution in [0.15, 0.2) is 30.5 Å². The van der Waals surface area contributed by atoms with Crippen LogP contribution in [0, 0.1) is 0 Å². The summed E-state index contributed by atoms with van der Waals surface area (Å²) in [5.74, 6) is -1.01. The summed E-state index contributed by atoms with van der Waals surface area (Å²) in [5.41, 5.74) is 1.59. The molecule has 3 aromatic rings. The van der Waals surface area contributed by atoms with Crippen LogP contribution in [-0.2, 0) is 0 Å². The lowest BCUT2D eigenvalue weighted by Crippen LogP contribution is -1.95. The second-order valence-electron chi connectivity index (χ2n) is 3.55. The molecule has 1 aromatic carbocycles. The molecular weight excluding hydrogens is 238 g/mol. The predicted octanol–water partition coefficient (Wildman–Crippen LogP) is 2.38. The molecular formula is C11H7N3O2S. The first-order chi connectivity index (χ1) is 8.24. The van der Waals surface area contributed by atoms with Gasteiger partial charge in [-0.25, -0.2) is 4.79 Å². The number of hydrogen-bond donors (Lipinski definition) is 2. The summed E-state index contributed by atoms with van der Waals surface area (Å²) in [6, 6.07) is 7.32. The number of aromatic carboxylic acids is 1. The number of benzene rings is 1. The monoisotopic (exact) mass is 245 g/mol. The van der Waals surface area contributed by atoms with Crippen LogP contribution in [0.5, 0.6) is 0 Å². The molecule has 0 atom stereocenters. The molecule has 0 fully saturated rings. The molecule has 2 aromatic heterocycles. The normalized spacial score (nSPS) is 10.8. The average molecular weight is 245 g/mol. The molecule has 2 N–H and O–H groups in total. The molecule has 17 heavy (non-hydrogen) atoms. The van der Waals surface area contributed by atoms with Crippen molar-refractivity contribution in [3.8, 4) is 11.3 Å². The highest BCUT2D eigenvalue weighted by Crippen LogP contribution is 2.25. The van der Waals surface area contributed by atoms with Crippen molar-refractivity contribution in [2.24, 2.45) is 0 Å². The highest BCUT2D eigenvalue weighted by Gasteiger charge is 2.09. The second-order valence-corrected chi connectivity index (χ2v) is 4.38. The summed E-state index contributed by atoms with van der Waals surface area (Å²) in [5, 5.41) is 16.3. The van der Waals surface area contributed by atoms with Gasteiger partial charge in [0.1, 0.15) is 5.69 Å². The van der Waals surface area contributed by atoms with Crippen molar-refractivity contribution in [2.45, 2.75) is 0 Å². The predicted molar refractivity (Wildman–Crippen MR) is 64.2 cm³/mol. The van der Waals surface area contributed by atoms with Crippen molar-refractivity contribution >= 4 is 27.6 Å². The van der Waals surface area contributed by atoms with E-state index in [1.54, 1.807) is 6.20 Å². The fraction of sp³-hybridized carbons (Fsp3) is 0. The molecule has 3 rings (SSSR count). The smallest absolute Gasteiger partial charge is 0.353 e. The molecule has 0 saturated carbocycles. The molecule has 0 amide bonds. The van der Waals surface area contributed by atoms with Gasteiger partial charge >= 0.3 is 5.97 Å².